The molecule has 0 saturated carbocycles. The Balaban J connectivity index is 2.90. The van der Waals surface area contributed by atoms with Crippen LogP contribution in [0.2, 0.25) is 0 Å². The number of nitrogens with one attached hydrogen (secondary N) is 1. The zero-order chi connectivity index (χ0) is 14.0. The summed E-state index contributed by atoms with van der Waals surface area (Å²) in [5.41, 5.74) is 5.43. The van der Waals surface area contributed by atoms with Crippen LogP contribution in [0.1, 0.15) is 24.2 Å². The molecule has 0 bridgehead atoms. The van der Waals surface area contributed by atoms with Crippen LogP contribution in [0.15, 0.2) is 29.2 Å². The third-order valence-electron chi connectivity index (χ3n) is 2.51. The van der Waals surface area contributed by atoms with Crippen molar-refractivity contribution in [2.45, 2.75) is 24.3 Å². The lowest BCUT2D eigenvalue weighted by molar-refractivity contribution is 0.0915. The quantitative estimate of drug-likeness (QED) is 0.836. The van der Waals surface area contributed by atoms with E-state index in [1.807, 2.05) is 13.8 Å². The lowest BCUT2D eigenvalue weighted by atomic mass is 10.1. The Morgan fingerprint density at radius 3 is 2.17 bits per heavy atom. The number of benzene rings is 1. The zero-order valence-electron chi connectivity index (χ0n) is 10.7. The van der Waals surface area contributed by atoms with Crippen LogP contribution in [-0.2, 0) is 9.84 Å². The molecule has 100 valence electrons. The molecule has 0 aliphatic heterocycles. The average Bonchev–Trinajstić information content (AvgIpc) is 2.27. The number of rotatable bonds is 4. The molecule has 0 aliphatic carbocycles. The number of sulfone groups is 1. The largest absolute Gasteiger partial charge is 0.346 e. The van der Waals surface area contributed by atoms with Gasteiger partial charge in [-0.05, 0) is 38.1 Å². The van der Waals surface area contributed by atoms with Crippen LogP contribution in [0.3, 0.4) is 0 Å². The minimum absolute atomic E-state index is 0.192. The second-order valence-electron chi connectivity index (χ2n) is 4.84. The maximum Gasteiger partial charge on any atom is 0.251 e. The summed E-state index contributed by atoms with van der Waals surface area (Å²) in [7, 11) is -3.24. The first-order chi connectivity index (χ1) is 8.15. The topological polar surface area (TPSA) is 89.3 Å². The molecule has 0 heterocycles. The van der Waals surface area contributed by atoms with E-state index >= 15 is 0 Å². The van der Waals surface area contributed by atoms with Gasteiger partial charge < -0.3 is 11.1 Å². The van der Waals surface area contributed by atoms with Gasteiger partial charge in [0.2, 0.25) is 0 Å². The van der Waals surface area contributed by atoms with E-state index in [2.05, 4.69) is 5.32 Å². The van der Waals surface area contributed by atoms with E-state index in [4.69, 9.17) is 5.73 Å². The number of hydrogen-bond donors (Lipinski definition) is 2. The van der Waals surface area contributed by atoms with Gasteiger partial charge in [-0.1, -0.05) is 0 Å². The molecule has 0 unspecified atom stereocenters. The molecular formula is C12H18N2O3S. The number of carbonyl (C=O) groups excluding carboxylic acids is 1. The first-order valence-corrected chi connectivity index (χ1v) is 7.37. The van der Waals surface area contributed by atoms with Crippen molar-refractivity contribution in [2.24, 2.45) is 5.73 Å². The Kier molecular flexibility index (Phi) is 4.13. The van der Waals surface area contributed by atoms with Gasteiger partial charge in [0, 0.05) is 23.9 Å². The van der Waals surface area contributed by atoms with Crippen molar-refractivity contribution in [3.05, 3.63) is 29.8 Å². The molecule has 0 spiro atoms. The van der Waals surface area contributed by atoms with Crippen LogP contribution in [0, 0.1) is 0 Å². The SMILES string of the molecule is CC(C)(CN)NC(=O)c1ccc(S(C)(=O)=O)cc1. The van der Waals surface area contributed by atoms with Crippen LogP contribution in [0.5, 0.6) is 0 Å². The highest BCUT2D eigenvalue weighted by Gasteiger charge is 2.19. The van der Waals surface area contributed by atoms with Crippen molar-refractivity contribution >= 4 is 15.7 Å². The highest BCUT2D eigenvalue weighted by atomic mass is 32.2. The Bertz CT molecular complexity index is 533. The molecule has 18 heavy (non-hydrogen) atoms. The van der Waals surface area contributed by atoms with E-state index in [0.29, 0.717) is 12.1 Å². The predicted molar refractivity (Wildman–Crippen MR) is 70.2 cm³/mol. The Morgan fingerprint density at radius 1 is 1.28 bits per heavy atom. The third kappa shape index (κ3) is 3.82. The summed E-state index contributed by atoms with van der Waals surface area (Å²) in [6.07, 6.45) is 1.12. The summed E-state index contributed by atoms with van der Waals surface area (Å²) in [5.74, 6) is -0.273. The summed E-state index contributed by atoms with van der Waals surface area (Å²) in [5, 5.41) is 2.77. The van der Waals surface area contributed by atoms with Gasteiger partial charge in [0.05, 0.1) is 4.90 Å². The number of hydrogen-bond acceptors (Lipinski definition) is 4. The summed E-state index contributed by atoms with van der Waals surface area (Å²) >= 11 is 0. The smallest absolute Gasteiger partial charge is 0.251 e. The minimum atomic E-state index is -3.24. The molecule has 3 N–H and O–H groups in total. The van der Waals surface area contributed by atoms with E-state index in [1.54, 1.807) is 0 Å². The van der Waals surface area contributed by atoms with Gasteiger partial charge in [0.25, 0.3) is 5.91 Å². The molecule has 0 aromatic heterocycles. The van der Waals surface area contributed by atoms with E-state index in [1.165, 1.54) is 24.3 Å². The summed E-state index contributed by atoms with van der Waals surface area (Å²) in [6, 6.07) is 5.80. The molecule has 5 nitrogen and oxygen atoms in total. The van der Waals surface area contributed by atoms with Crippen LogP contribution in [0.4, 0.5) is 0 Å². The highest BCUT2D eigenvalue weighted by Crippen LogP contribution is 2.11. The van der Waals surface area contributed by atoms with E-state index in [9.17, 15) is 13.2 Å². The second-order valence-corrected chi connectivity index (χ2v) is 6.85. The standard InChI is InChI=1S/C12H18N2O3S/c1-12(2,8-13)14-11(15)9-4-6-10(7-5-9)18(3,16)17/h4-7H,8,13H2,1-3H3,(H,14,15). The van der Waals surface area contributed by atoms with Gasteiger partial charge in [-0.3, -0.25) is 4.79 Å². The first kappa shape index (κ1) is 14.7. The molecular weight excluding hydrogens is 252 g/mol. The summed E-state index contributed by atoms with van der Waals surface area (Å²) in [6.45, 7) is 3.95. The molecule has 0 radical (unpaired) electrons. The minimum Gasteiger partial charge on any atom is -0.346 e. The van der Waals surface area contributed by atoms with Crippen LogP contribution in [0.25, 0.3) is 0 Å². The van der Waals surface area contributed by atoms with Gasteiger partial charge >= 0.3 is 0 Å². The maximum absolute atomic E-state index is 11.9. The molecule has 6 heteroatoms. The first-order valence-electron chi connectivity index (χ1n) is 5.48. The molecule has 1 rings (SSSR count). The van der Waals surface area contributed by atoms with Gasteiger partial charge in [0.15, 0.2) is 9.84 Å². The second kappa shape index (κ2) is 5.07. The monoisotopic (exact) mass is 270 g/mol. The number of carbonyl (C=O) groups is 1. The van der Waals surface area contributed by atoms with Crippen molar-refractivity contribution < 1.29 is 13.2 Å². The van der Waals surface area contributed by atoms with Gasteiger partial charge in [-0.25, -0.2) is 8.42 Å². The van der Waals surface area contributed by atoms with Gasteiger partial charge in [-0.15, -0.1) is 0 Å². The van der Waals surface area contributed by atoms with E-state index < -0.39 is 15.4 Å². The van der Waals surface area contributed by atoms with Crippen LogP contribution in [-0.4, -0.2) is 32.7 Å². The van der Waals surface area contributed by atoms with Gasteiger partial charge in [0.1, 0.15) is 0 Å². The van der Waals surface area contributed by atoms with E-state index in [0.717, 1.165) is 6.26 Å². The van der Waals surface area contributed by atoms with Crippen molar-refractivity contribution in [1.29, 1.82) is 0 Å². The normalized spacial score (nSPS) is 12.2. The molecule has 1 aromatic carbocycles. The van der Waals surface area contributed by atoms with Crippen LogP contribution >= 0.6 is 0 Å². The third-order valence-corrected chi connectivity index (χ3v) is 3.64. The predicted octanol–water partition coefficient (Wildman–Crippen LogP) is 0.557. The van der Waals surface area contributed by atoms with Crippen molar-refractivity contribution in [1.82, 2.24) is 5.32 Å². The Labute approximate surface area is 107 Å². The number of nitrogens with two attached hydrogens (primary N) is 1. The van der Waals surface area contributed by atoms with Crippen molar-refractivity contribution in [3.8, 4) is 0 Å². The Hall–Kier alpha value is -1.40. The average molecular weight is 270 g/mol. The fraction of sp³-hybridized carbons (Fsp3) is 0.417. The van der Waals surface area contributed by atoms with Crippen LogP contribution < -0.4 is 11.1 Å². The molecule has 0 saturated heterocycles. The fourth-order valence-corrected chi connectivity index (χ4v) is 1.91. The van der Waals surface area contributed by atoms with Crippen molar-refractivity contribution in [2.75, 3.05) is 12.8 Å². The lowest BCUT2D eigenvalue weighted by Crippen LogP contribution is -2.48. The molecule has 0 aliphatic rings. The summed E-state index contributed by atoms with van der Waals surface area (Å²) in [4.78, 5) is 12.1. The Morgan fingerprint density at radius 2 is 1.78 bits per heavy atom. The molecule has 1 aromatic rings. The molecule has 1 amide bonds. The molecule has 0 fully saturated rings. The highest BCUT2D eigenvalue weighted by molar-refractivity contribution is 7.90. The lowest BCUT2D eigenvalue weighted by Gasteiger charge is -2.24. The van der Waals surface area contributed by atoms with E-state index in [-0.39, 0.29) is 10.8 Å². The number of amides is 1. The zero-order valence-corrected chi connectivity index (χ0v) is 11.5. The summed E-state index contributed by atoms with van der Waals surface area (Å²) < 4.78 is 22.5. The van der Waals surface area contributed by atoms with Crippen molar-refractivity contribution in [3.63, 3.8) is 0 Å². The molecule has 0 atom stereocenters. The maximum atomic E-state index is 11.9. The fourth-order valence-electron chi connectivity index (χ4n) is 1.28. The van der Waals surface area contributed by atoms with Gasteiger partial charge in [-0.2, -0.15) is 0 Å².